The van der Waals surface area contributed by atoms with E-state index in [2.05, 4.69) is 10.2 Å². The number of likely N-dealkylation sites (tertiary alicyclic amines) is 2. The van der Waals surface area contributed by atoms with Gasteiger partial charge in [-0.1, -0.05) is 18.2 Å². The van der Waals surface area contributed by atoms with Crippen LogP contribution in [0.1, 0.15) is 12.8 Å². The van der Waals surface area contributed by atoms with Crippen LogP contribution in [0.2, 0.25) is 0 Å². The second-order valence-electron chi connectivity index (χ2n) is 5.10. The number of nitrogens with one attached hydrogen (secondary N) is 1. The van der Waals surface area contributed by atoms with Gasteiger partial charge in [-0.2, -0.15) is 0 Å². The number of hydrogen-bond donors (Lipinski definition) is 1. The molecule has 3 rings (SSSR count). The van der Waals surface area contributed by atoms with Gasteiger partial charge in [0.1, 0.15) is 0 Å². The van der Waals surface area contributed by atoms with Gasteiger partial charge in [-0.05, 0) is 38.1 Å². The molecule has 0 radical (unpaired) electrons. The van der Waals surface area contributed by atoms with Crippen LogP contribution >= 0.6 is 0 Å². The molecule has 1 aromatic rings. The number of rotatable bonds is 2. The molecule has 2 fully saturated rings. The van der Waals surface area contributed by atoms with Crippen LogP contribution in [0.25, 0.3) is 0 Å². The Morgan fingerprint density at radius 1 is 1.11 bits per heavy atom. The first-order valence-corrected chi connectivity index (χ1v) is 6.68. The predicted octanol–water partition coefficient (Wildman–Crippen LogP) is 2.00. The molecular formula is C14H19N3O. The largest absolute Gasteiger partial charge is 0.321 e. The summed E-state index contributed by atoms with van der Waals surface area (Å²) in [5.41, 5.74) is 0.868. The highest BCUT2D eigenvalue weighted by molar-refractivity contribution is 5.89. The monoisotopic (exact) mass is 245 g/mol. The molecule has 0 aromatic heterocycles. The molecule has 2 aliphatic heterocycles. The van der Waals surface area contributed by atoms with Crippen molar-refractivity contribution in [3.05, 3.63) is 30.3 Å². The molecule has 4 heteroatoms. The number of anilines is 1. The molecule has 18 heavy (non-hydrogen) atoms. The minimum atomic E-state index is 0.0247. The number of hydrogen-bond acceptors (Lipinski definition) is 2. The zero-order chi connectivity index (χ0) is 12.4. The van der Waals surface area contributed by atoms with Crippen LogP contribution in [0.15, 0.2) is 30.3 Å². The Kier molecular flexibility index (Phi) is 3.19. The Morgan fingerprint density at radius 2 is 1.78 bits per heavy atom. The van der Waals surface area contributed by atoms with Gasteiger partial charge in [0.2, 0.25) is 0 Å². The van der Waals surface area contributed by atoms with E-state index in [1.54, 1.807) is 0 Å². The van der Waals surface area contributed by atoms with Crippen molar-refractivity contribution in [1.29, 1.82) is 0 Å². The predicted molar refractivity (Wildman–Crippen MR) is 71.6 cm³/mol. The fraction of sp³-hybridized carbons (Fsp3) is 0.500. The molecule has 2 aliphatic rings. The molecule has 0 aliphatic carbocycles. The van der Waals surface area contributed by atoms with E-state index >= 15 is 0 Å². The first kappa shape index (κ1) is 11.5. The van der Waals surface area contributed by atoms with Crippen LogP contribution < -0.4 is 5.32 Å². The third kappa shape index (κ3) is 2.34. The molecule has 4 nitrogen and oxygen atoms in total. The molecule has 96 valence electrons. The second-order valence-corrected chi connectivity index (χ2v) is 5.10. The Hall–Kier alpha value is -1.55. The third-order valence-electron chi connectivity index (χ3n) is 3.83. The maximum Gasteiger partial charge on any atom is 0.321 e. The molecule has 1 aromatic carbocycles. The maximum atomic E-state index is 12.0. The van der Waals surface area contributed by atoms with E-state index < -0.39 is 0 Å². The third-order valence-corrected chi connectivity index (χ3v) is 3.83. The Labute approximate surface area is 108 Å². The van der Waals surface area contributed by atoms with E-state index in [1.807, 2.05) is 35.2 Å². The zero-order valence-electron chi connectivity index (χ0n) is 10.5. The van der Waals surface area contributed by atoms with Crippen molar-refractivity contribution < 1.29 is 4.79 Å². The summed E-state index contributed by atoms with van der Waals surface area (Å²) in [6, 6.07) is 10.2. The SMILES string of the molecule is O=C(Nc1ccccc1)N1CC(N2CCCC2)C1. The van der Waals surface area contributed by atoms with Crippen molar-refractivity contribution in [2.24, 2.45) is 0 Å². The average molecular weight is 245 g/mol. The highest BCUT2D eigenvalue weighted by atomic mass is 16.2. The van der Waals surface area contributed by atoms with Crippen LogP contribution in [0.4, 0.5) is 10.5 Å². The van der Waals surface area contributed by atoms with Gasteiger partial charge in [0.15, 0.2) is 0 Å². The van der Waals surface area contributed by atoms with E-state index in [0.29, 0.717) is 6.04 Å². The second kappa shape index (κ2) is 4.98. The van der Waals surface area contributed by atoms with Gasteiger partial charge in [-0.25, -0.2) is 4.79 Å². The van der Waals surface area contributed by atoms with Gasteiger partial charge < -0.3 is 10.2 Å². The van der Waals surface area contributed by atoms with Gasteiger partial charge in [-0.3, -0.25) is 4.90 Å². The summed E-state index contributed by atoms with van der Waals surface area (Å²) in [6.07, 6.45) is 2.62. The first-order valence-electron chi connectivity index (χ1n) is 6.68. The lowest BCUT2D eigenvalue weighted by Gasteiger charge is -2.43. The van der Waals surface area contributed by atoms with Gasteiger partial charge in [0.05, 0.1) is 0 Å². The number of nitrogens with zero attached hydrogens (tertiary/aromatic N) is 2. The van der Waals surface area contributed by atoms with Crippen LogP contribution in [-0.4, -0.2) is 48.1 Å². The van der Waals surface area contributed by atoms with Crippen molar-refractivity contribution in [3.63, 3.8) is 0 Å². The molecule has 0 saturated carbocycles. The Morgan fingerprint density at radius 3 is 2.44 bits per heavy atom. The summed E-state index contributed by atoms with van der Waals surface area (Å²) in [5, 5.41) is 2.92. The molecule has 2 saturated heterocycles. The molecule has 1 N–H and O–H groups in total. The van der Waals surface area contributed by atoms with E-state index in [1.165, 1.54) is 25.9 Å². The molecule has 2 amide bonds. The molecule has 0 unspecified atom stereocenters. The van der Waals surface area contributed by atoms with Crippen molar-refractivity contribution in [1.82, 2.24) is 9.80 Å². The van der Waals surface area contributed by atoms with Crippen molar-refractivity contribution in [2.75, 3.05) is 31.5 Å². The number of carbonyl (C=O) groups excluding carboxylic acids is 1. The van der Waals surface area contributed by atoms with Crippen molar-refractivity contribution >= 4 is 11.7 Å². The van der Waals surface area contributed by atoms with E-state index in [-0.39, 0.29) is 6.03 Å². The number of carbonyl (C=O) groups is 1. The molecule has 0 atom stereocenters. The maximum absolute atomic E-state index is 12.0. The molecule has 2 heterocycles. The summed E-state index contributed by atoms with van der Waals surface area (Å²) in [4.78, 5) is 16.3. The summed E-state index contributed by atoms with van der Waals surface area (Å²) < 4.78 is 0. The summed E-state index contributed by atoms with van der Waals surface area (Å²) in [5.74, 6) is 0. The minimum absolute atomic E-state index is 0.0247. The normalized spacial score (nSPS) is 20.8. The fourth-order valence-corrected chi connectivity index (χ4v) is 2.68. The van der Waals surface area contributed by atoms with E-state index in [4.69, 9.17) is 0 Å². The Balaban J connectivity index is 1.48. The molecular weight excluding hydrogens is 226 g/mol. The summed E-state index contributed by atoms with van der Waals surface area (Å²) in [7, 11) is 0. The van der Waals surface area contributed by atoms with Crippen LogP contribution in [-0.2, 0) is 0 Å². The van der Waals surface area contributed by atoms with Gasteiger partial charge in [0, 0.05) is 24.8 Å². The summed E-state index contributed by atoms with van der Waals surface area (Å²) >= 11 is 0. The number of urea groups is 1. The highest BCUT2D eigenvalue weighted by Gasteiger charge is 2.35. The standard InChI is InChI=1S/C14H19N3O/c18-14(15-12-6-2-1-3-7-12)17-10-13(11-17)16-8-4-5-9-16/h1-3,6-7,13H,4-5,8-11H2,(H,15,18). The topological polar surface area (TPSA) is 35.6 Å². The van der Waals surface area contributed by atoms with Crippen LogP contribution in [0.3, 0.4) is 0 Å². The molecule has 0 spiro atoms. The first-order chi connectivity index (χ1) is 8.83. The lowest BCUT2D eigenvalue weighted by Crippen LogP contribution is -2.61. The van der Waals surface area contributed by atoms with E-state index in [0.717, 1.165) is 18.8 Å². The molecule has 0 bridgehead atoms. The number of benzene rings is 1. The van der Waals surface area contributed by atoms with Gasteiger partial charge in [-0.15, -0.1) is 0 Å². The minimum Gasteiger partial charge on any atom is -0.321 e. The summed E-state index contributed by atoms with van der Waals surface area (Å²) in [6.45, 7) is 4.16. The Bertz CT molecular complexity index is 408. The van der Waals surface area contributed by atoms with Crippen LogP contribution in [0, 0.1) is 0 Å². The number of amides is 2. The average Bonchev–Trinajstić information content (AvgIpc) is 2.82. The zero-order valence-corrected chi connectivity index (χ0v) is 10.5. The van der Waals surface area contributed by atoms with Crippen molar-refractivity contribution in [2.45, 2.75) is 18.9 Å². The lowest BCUT2D eigenvalue weighted by atomic mass is 10.1. The fourth-order valence-electron chi connectivity index (χ4n) is 2.68. The smallest absolute Gasteiger partial charge is 0.321 e. The van der Waals surface area contributed by atoms with Crippen molar-refractivity contribution in [3.8, 4) is 0 Å². The van der Waals surface area contributed by atoms with Gasteiger partial charge in [0.25, 0.3) is 0 Å². The van der Waals surface area contributed by atoms with Crippen LogP contribution in [0.5, 0.6) is 0 Å². The lowest BCUT2D eigenvalue weighted by molar-refractivity contribution is 0.0776. The highest BCUT2D eigenvalue weighted by Crippen LogP contribution is 2.20. The quantitative estimate of drug-likeness (QED) is 0.865. The van der Waals surface area contributed by atoms with Gasteiger partial charge >= 0.3 is 6.03 Å². The number of para-hydroxylation sites is 1. The van der Waals surface area contributed by atoms with E-state index in [9.17, 15) is 4.79 Å².